The van der Waals surface area contributed by atoms with E-state index in [0.29, 0.717) is 0 Å². The molecule has 0 fully saturated rings. The quantitative estimate of drug-likeness (QED) is 0.0955. The van der Waals surface area contributed by atoms with E-state index in [1.165, 1.54) is 96.3 Å². The normalized spacial score (nSPS) is 13.8. The summed E-state index contributed by atoms with van der Waals surface area (Å²) in [7, 11) is 4.40. The van der Waals surface area contributed by atoms with Gasteiger partial charge < -0.3 is 14.7 Å². The lowest BCUT2D eigenvalue weighted by molar-refractivity contribution is -0.897. The number of carbonyl (C=O) groups is 1. The van der Waals surface area contributed by atoms with Gasteiger partial charge in [0.05, 0.1) is 20.6 Å². The third kappa shape index (κ3) is 21.9. The van der Waals surface area contributed by atoms with Crippen molar-refractivity contribution in [2.24, 2.45) is 0 Å². The van der Waals surface area contributed by atoms with Crippen molar-refractivity contribution in [1.82, 2.24) is 0 Å². The van der Waals surface area contributed by atoms with E-state index in [0.717, 1.165) is 56.1 Å². The molecule has 1 atom stereocenters. The van der Waals surface area contributed by atoms with E-state index < -0.39 is 11.6 Å². The van der Waals surface area contributed by atoms with Crippen LogP contribution >= 0.6 is 0 Å². The monoisotopic (exact) mass is 484 g/mol. The minimum Gasteiger partial charge on any atom is -0.481 e. The first-order valence-electron chi connectivity index (χ1n) is 15.0. The fourth-order valence-electron chi connectivity index (χ4n) is 5.24. The molecule has 1 unspecified atom stereocenters. The Bertz CT molecular complexity index is 466. The topological polar surface area (TPSA) is 57.5 Å². The number of aliphatic hydroxyl groups is 1. The van der Waals surface area contributed by atoms with E-state index >= 15 is 0 Å². The second-order valence-electron chi connectivity index (χ2n) is 11.7. The molecule has 0 aliphatic carbocycles. The number of hydrogen-bond donors (Lipinski definition) is 2. The predicted octanol–water partition coefficient (Wildman–Crippen LogP) is 8.50. The molecule has 0 spiro atoms. The molecule has 0 radical (unpaired) electrons. The molecular formula is C30H62NO3+. The molecule has 0 aromatic carbocycles. The lowest BCUT2D eigenvalue weighted by Gasteiger charge is -2.38. The summed E-state index contributed by atoms with van der Waals surface area (Å²) in [5.41, 5.74) is -0.569. The Hall–Kier alpha value is -0.610. The molecule has 4 nitrogen and oxygen atoms in total. The van der Waals surface area contributed by atoms with Crippen LogP contribution in [-0.2, 0) is 4.79 Å². The van der Waals surface area contributed by atoms with Gasteiger partial charge in [0.2, 0.25) is 0 Å². The van der Waals surface area contributed by atoms with Crippen LogP contribution in [0.15, 0.2) is 0 Å². The standard InChI is InChI=1S/C30H61NO3/c1-5-7-8-9-10-11-12-13-14-15-16-17-18-19-20-23-26-30(34,6-2)28-31(3,4)27-24-21-22-25-29(32)33/h34H,5-28H2,1-4H3/p+1. The highest BCUT2D eigenvalue weighted by molar-refractivity contribution is 5.66. The molecule has 0 amide bonds. The van der Waals surface area contributed by atoms with Crippen LogP contribution in [0.4, 0.5) is 0 Å². The molecule has 0 aliphatic heterocycles. The molecule has 2 N–H and O–H groups in total. The number of nitrogens with zero attached hydrogens (tertiary/aromatic N) is 1. The van der Waals surface area contributed by atoms with Crippen molar-refractivity contribution in [1.29, 1.82) is 0 Å². The van der Waals surface area contributed by atoms with Gasteiger partial charge in [0.1, 0.15) is 12.1 Å². The summed E-state index contributed by atoms with van der Waals surface area (Å²) in [6, 6.07) is 0. The smallest absolute Gasteiger partial charge is 0.303 e. The van der Waals surface area contributed by atoms with Gasteiger partial charge >= 0.3 is 5.97 Å². The van der Waals surface area contributed by atoms with Crippen LogP contribution in [0.1, 0.15) is 155 Å². The second-order valence-corrected chi connectivity index (χ2v) is 11.7. The van der Waals surface area contributed by atoms with Crippen LogP contribution in [0.3, 0.4) is 0 Å². The second kappa shape index (κ2) is 21.7. The minimum absolute atomic E-state index is 0.269. The zero-order chi connectivity index (χ0) is 25.5. The minimum atomic E-state index is -0.701. The lowest BCUT2D eigenvalue weighted by atomic mass is 9.91. The van der Waals surface area contributed by atoms with Crippen molar-refractivity contribution in [3.05, 3.63) is 0 Å². The number of quaternary nitrogens is 1. The molecular weight excluding hydrogens is 422 g/mol. The highest BCUT2D eigenvalue weighted by Gasteiger charge is 2.32. The Kier molecular flexibility index (Phi) is 21.3. The first-order chi connectivity index (χ1) is 16.2. The SMILES string of the molecule is CCCCCCCCCCCCCCCCCCC(O)(CC)C[N+](C)(C)CCCCCC(=O)O. The maximum Gasteiger partial charge on any atom is 0.303 e. The van der Waals surface area contributed by atoms with E-state index in [4.69, 9.17) is 5.11 Å². The predicted molar refractivity (Wildman–Crippen MR) is 147 cm³/mol. The van der Waals surface area contributed by atoms with Crippen LogP contribution < -0.4 is 0 Å². The average molecular weight is 485 g/mol. The number of carboxylic acid groups (broad SMARTS) is 1. The van der Waals surface area contributed by atoms with E-state index in [-0.39, 0.29) is 6.42 Å². The Balaban J connectivity index is 3.68. The van der Waals surface area contributed by atoms with Gasteiger partial charge in [-0.1, -0.05) is 117 Å². The number of carboxylic acids is 1. The highest BCUT2D eigenvalue weighted by Crippen LogP contribution is 2.24. The summed E-state index contributed by atoms with van der Waals surface area (Å²) in [4.78, 5) is 10.6. The first-order valence-corrected chi connectivity index (χ1v) is 15.0. The third-order valence-electron chi connectivity index (χ3n) is 7.53. The Labute approximate surface area is 213 Å². The molecule has 204 valence electrons. The van der Waals surface area contributed by atoms with Crippen molar-refractivity contribution in [3.8, 4) is 0 Å². The fraction of sp³-hybridized carbons (Fsp3) is 0.967. The summed E-state index contributed by atoms with van der Waals surface area (Å²) < 4.78 is 0.816. The van der Waals surface area contributed by atoms with Gasteiger partial charge in [0, 0.05) is 6.42 Å². The first kappa shape index (κ1) is 33.4. The van der Waals surface area contributed by atoms with Gasteiger partial charge in [-0.3, -0.25) is 4.79 Å². The number of likely N-dealkylation sites (N-methyl/N-ethyl adjacent to an activating group) is 1. The molecule has 0 aromatic heterocycles. The van der Waals surface area contributed by atoms with Gasteiger partial charge in [-0.25, -0.2) is 0 Å². The van der Waals surface area contributed by atoms with E-state index in [2.05, 4.69) is 27.9 Å². The number of rotatable bonds is 26. The van der Waals surface area contributed by atoms with Gasteiger partial charge in [-0.2, -0.15) is 0 Å². The van der Waals surface area contributed by atoms with E-state index in [1.807, 2.05) is 0 Å². The summed E-state index contributed by atoms with van der Waals surface area (Å²) in [5.74, 6) is -0.701. The van der Waals surface area contributed by atoms with Crippen molar-refractivity contribution in [2.75, 3.05) is 27.2 Å². The maximum absolute atomic E-state index is 11.2. The number of aliphatic carboxylic acids is 1. The summed E-state index contributed by atoms with van der Waals surface area (Å²) in [6.45, 7) is 6.19. The molecule has 0 heterocycles. The van der Waals surface area contributed by atoms with E-state index in [9.17, 15) is 9.90 Å². The van der Waals surface area contributed by atoms with E-state index in [1.54, 1.807) is 0 Å². The molecule has 0 aliphatic rings. The van der Waals surface area contributed by atoms with Crippen LogP contribution in [-0.4, -0.2) is 53.5 Å². The molecule has 0 bridgehead atoms. The van der Waals surface area contributed by atoms with Crippen LogP contribution in [0, 0.1) is 0 Å². The summed E-state index contributed by atoms with van der Waals surface area (Å²) in [5, 5.41) is 19.9. The molecule has 0 rings (SSSR count). The number of unbranched alkanes of at least 4 members (excludes halogenated alkanes) is 17. The zero-order valence-electron chi connectivity index (χ0n) is 23.7. The lowest BCUT2D eigenvalue weighted by Crippen LogP contribution is -2.52. The molecule has 0 saturated heterocycles. The van der Waals surface area contributed by atoms with Crippen LogP contribution in [0.25, 0.3) is 0 Å². The molecule has 34 heavy (non-hydrogen) atoms. The van der Waals surface area contributed by atoms with Crippen LogP contribution in [0.2, 0.25) is 0 Å². The summed E-state index contributed by atoms with van der Waals surface area (Å²) >= 11 is 0. The van der Waals surface area contributed by atoms with Crippen LogP contribution in [0.5, 0.6) is 0 Å². The Morgan fingerprint density at radius 2 is 1.06 bits per heavy atom. The molecule has 0 saturated carbocycles. The van der Waals surface area contributed by atoms with Crippen molar-refractivity contribution < 1.29 is 19.5 Å². The zero-order valence-corrected chi connectivity index (χ0v) is 23.7. The Morgan fingerprint density at radius 3 is 1.47 bits per heavy atom. The number of hydrogen-bond acceptors (Lipinski definition) is 2. The average Bonchev–Trinajstić information content (AvgIpc) is 2.78. The Morgan fingerprint density at radius 1 is 0.647 bits per heavy atom. The largest absolute Gasteiger partial charge is 0.481 e. The van der Waals surface area contributed by atoms with Crippen molar-refractivity contribution in [3.63, 3.8) is 0 Å². The van der Waals surface area contributed by atoms with Gasteiger partial charge in [0.15, 0.2) is 0 Å². The molecule has 0 aromatic rings. The highest BCUT2D eigenvalue weighted by atomic mass is 16.4. The van der Waals surface area contributed by atoms with Gasteiger partial charge in [0.25, 0.3) is 0 Å². The van der Waals surface area contributed by atoms with Gasteiger partial charge in [-0.05, 0) is 32.1 Å². The van der Waals surface area contributed by atoms with Crippen molar-refractivity contribution >= 4 is 5.97 Å². The van der Waals surface area contributed by atoms with Crippen molar-refractivity contribution in [2.45, 2.75) is 161 Å². The van der Waals surface area contributed by atoms with Gasteiger partial charge in [-0.15, -0.1) is 0 Å². The fourth-order valence-corrected chi connectivity index (χ4v) is 5.24. The summed E-state index contributed by atoms with van der Waals surface area (Å²) in [6.07, 6.45) is 26.7. The third-order valence-corrected chi connectivity index (χ3v) is 7.53. The molecule has 4 heteroatoms. The maximum atomic E-state index is 11.2.